The molecule has 0 saturated heterocycles. The van der Waals surface area contributed by atoms with Gasteiger partial charge in [0.1, 0.15) is 0 Å². The molecule has 8 rings (SSSR count). The first-order valence-electron chi connectivity index (χ1n) is 25.1. The molecule has 0 spiro atoms. The zero-order valence-corrected chi connectivity index (χ0v) is 58.4. The smallest absolute Gasteiger partial charge is 0.442 e. The minimum absolute atomic E-state index is 0. The van der Waals surface area contributed by atoms with Gasteiger partial charge in [-0.05, 0) is 179 Å². The third-order valence-electron chi connectivity index (χ3n) is 12.2. The van der Waals surface area contributed by atoms with Crippen molar-refractivity contribution in [2.24, 2.45) is 0 Å². The summed E-state index contributed by atoms with van der Waals surface area (Å²) in [6.07, 6.45) is 6.15. The van der Waals surface area contributed by atoms with Gasteiger partial charge in [-0.1, -0.05) is 166 Å². The number of hydrogen-bond acceptors (Lipinski definition) is 12. The molecule has 24 heteroatoms. The van der Waals surface area contributed by atoms with Crippen LogP contribution in [0.5, 0.6) is 0 Å². The van der Waals surface area contributed by atoms with Gasteiger partial charge in [-0.25, -0.2) is 33.7 Å². The number of benzene rings is 4. The summed E-state index contributed by atoms with van der Waals surface area (Å²) in [6, 6.07) is 28.9. The van der Waals surface area contributed by atoms with E-state index in [0.29, 0.717) is 44.5 Å². The van der Waals surface area contributed by atoms with E-state index < -0.39 is 40.1 Å². The number of rotatable bonds is 12. The number of aryl methyl sites for hydroxylation is 16. The third kappa shape index (κ3) is 20.8. The average molecular weight is 1590 g/mol. The van der Waals surface area contributed by atoms with Crippen LogP contribution < -0.4 is 0 Å². The molecule has 0 saturated carbocycles. The third-order valence-corrected chi connectivity index (χ3v) is 18.5. The van der Waals surface area contributed by atoms with Crippen LogP contribution in [-0.4, -0.2) is 53.6 Å². The molecule has 0 aliphatic carbocycles. The summed E-state index contributed by atoms with van der Waals surface area (Å²) in [5.41, 5.74) is 12.7. The number of hydrogen-bond donors (Lipinski definition) is 0. The zero-order valence-electron chi connectivity index (χ0n) is 49.2. The molecule has 0 amide bonds. The van der Waals surface area contributed by atoms with E-state index in [1.807, 2.05) is 76.2 Å². The van der Waals surface area contributed by atoms with Crippen molar-refractivity contribution in [2.45, 2.75) is 130 Å². The molecule has 4 heterocycles. The van der Waals surface area contributed by atoms with E-state index in [1.165, 1.54) is 24.8 Å². The summed E-state index contributed by atoms with van der Waals surface area (Å²) in [5.74, 6) is 0.970. The number of nitrogens with zero attached hydrogens (tertiary/aromatic N) is 8. The van der Waals surface area contributed by atoms with Crippen LogP contribution >= 0.6 is 0 Å². The normalized spacial score (nSPS) is 10.9. The molecule has 0 bridgehead atoms. The average Bonchev–Trinajstić information content (AvgIpc) is 3.31. The Balaban J connectivity index is 0.000000551. The molecular weight excluding hydrogens is 1520 g/mol. The molecule has 4 aromatic carbocycles. The molecule has 0 N–H and O–H groups in total. The molecule has 464 valence electrons. The fraction of sp³-hybridized carbons (Fsp3) is 0.267. The van der Waals surface area contributed by atoms with E-state index in [9.17, 15) is 33.7 Å². The van der Waals surface area contributed by atoms with Crippen LogP contribution in [0.3, 0.4) is 0 Å². The largest absolute Gasteiger partial charge is 1.00 e. The minimum Gasteiger partial charge on any atom is -0.442 e. The molecule has 4 aromatic heterocycles. The molecule has 0 fully saturated rings. The Morgan fingerprint density at radius 3 is 0.524 bits per heavy atom. The van der Waals surface area contributed by atoms with Crippen LogP contribution in [0.2, 0.25) is 0 Å². The second-order valence-corrected chi connectivity index (χ2v) is 25.9. The SMILES string of the molecule is Cc1cc(C)c(S(=O)(=O)[N-]c2ncccc2C)c(C)c1.Cc1cc(C)c(S(=O)(=O)[N-]c2ncccc2C)c(C)c1.Cc1cc(C)c(S(=O)(=O)[N-]c2ncccc2C)c(C)c1.Cc1cc(C)c(S(=O)(=O)[N-]c2ncccc2C)c(C)c1.[Ag+].[Ag+].[Ag+].[Ag+]. The van der Waals surface area contributed by atoms with E-state index in [-0.39, 0.29) is 132 Å². The summed E-state index contributed by atoms with van der Waals surface area (Å²) >= 11 is 0. The predicted octanol–water partition coefficient (Wildman–Crippen LogP) is 14.8. The van der Waals surface area contributed by atoms with E-state index in [0.717, 1.165) is 44.5 Å². The van der Waals surface area contributed by atoms with Gasteiger partial charge in [0, 0.05) is 0 Å². The first-order chi connectivity index (χ1) is 37.2. The maximum Gasteiger partial charge on any atom is 1.00 e. The summed E-state index contributed by atoms with van der Waals surface area (Å²) < 4.78 is 115. The predicted molar refractivity (Wildman–Crippen MR) is 319 cm³/mol. The van der Waals surface area contributed by atoms with Crippen molar-refractivity contribution in [3.63, 3.8) is 0 Å². The zero-order chi connectivity index (χ0) is 59.7. The summed E-state index contributed by atoms with van der Waals surface area (Å²) in [4.78, 5) is 17.2. The van der Waals surface area contributed by atoms with Crippen LogP contribution in [0.25, 0.3) is 18.9 Å². The molecule has 0 aliphatic heterocycles. The quantitative estimate of drug-likeness (QED) is 0.104. The topological polar surface area (TPSA) is 245 Å². The molecule has 16 nitrogen and oxygen atoms in total. The van der Waals surface area contributed by atoms with Gasteiger partial charge in [0.2, 0.25) is 40.1 Å². The van der Waals surface area contributed by atoms with E-state index in [1.54, 1.807) is 132 Å². The molecule has 0 unspecified atom stereocenters. The number of aromatic nitrogens is 4. The van der Waals surface area contributed by atoms with Gasteiger partial charge in [-0.2, -0.15) is 0 Å². The summed E-state index contributed by atoms with van der Waals surface area (Å²) in [5, 5.41) is 0. The van der Waals surface area contributed by atoms with E-state index in [2.05, 4.69) is 38.8 Å². The van der Waals surface area contributed by atoms with Crippen molar-refractivity contribution in [2.75, 3.05) is 0 Å². The Morgan fingerprint density at radius 2 is 0.393 bits per heavy atom. The van der Waals surface area contributed by atoms with Crippen LogP contribution in [0.4, 0.5) is 23.3 Å². The van der Waals surface area contributed by atoms with Crippen molar-refractivity contribution in [1.29, 1.82) is 0 Å². The van der Waals surface area contributed by atoms with Gasteiger partial charge in [0.25, 0.3) is 0 Å². The maximum atomic E-state index is 12.5. The maximum absolute atomic E-state index is 12.5. The van der Waals surface area contributed by atoms with Crippen molar-refractivity contribution in [3.8, 4) is 0 Å². The van der Waals surface area contributed by atoms with E-state index in [4.69, 9.17) is 0 Å². The number of sulfonamides is 4. The fourth-order valence-corrected chi connectivity index (χ4v) is 15.0. The molecule has 0 atom stereocenters. The van der Waals surface area contributed by atoms with Crippen LogP contribution in [-0.2, 0) is 130 Å². The van der Waals surface area contributed by atoms with Crippen LogP contribution in [0.1, 0.15) is 89.0 Å². The fourth-order valence-electron chi connectivity index (χ4n) is 9.22. The monoisotopic (exact) mass is 1580 g/mol. The second kappa shape index (κ2) is 33.0. The Labute approximate surface area is 560 Å². The van der Waals surface area contributed by atoms with Gasteiger partial charge in [-0.15, -0.1) is 0 Å². The van der Waals surface area contributed by atoms with Crippen LogP contribution in [0.15, 0.2) is 141 Å². The Kier molecular flexibility index (Phi) is 30.4. The first kappa shape index (κ1) is 77.5. The number of pyridine rings is 4. The van der Waals surface area contributed by atoms with Gasteiger partial charge in [0.15, 0.2) is 0 Å². The standard InChI is InChI=1S/4C15H17N2O2S.4Ag/c4*1-10-8-12(3)14(13(4)9-10)20(18,19)17-15-11(2)6-5-7-16-15;;;;/h4*5-9H,1-4H3;;;;/q4*-1;4*+1. The molecular formula is C60H68Ag4N8O8S4. The van der Waals surface area contributed by atoms with Crippen LogP contribution in [0, 0.1) is 111 Å². The Bertz CT molecular complexity index is 3460. The van der Waals surface area contributed by atoms with Crippen molar-refractivity contribution >= 4 is 63.4 Å². The molecule has 8 aromatic rings. The molecule has 0 radical (unpaired) electrons. The van der Waals surface area contributed by atoms with Gasteiger partial charge < -0.3 is 38.8 Å². The summed E-state index contributed by atoms with van der Waals surface area (Å²) in [7, 11) is -15.0. The Morgan fingerprint density at radius 1 is 0.250 bits per heavy atom. The second-order valence-electron chi connectivity index (χ2n) is 19.8. The Hall–Kier alpha value is -4.56. The van der Waals surface area contributed by atoms with Gasteiger partial charge in [0.05, 0.1) is 19.6 Å². The van der Waals surface area contributed by atoms with Gasteiger partial charge >= 0.3 is 89.5 Å². The minimum atomic E-state index is -3.75. The summed E-state index contributed by atoms with van der Waals surface area (Å²) in [6.45, 7) is 29.2. The van der Waals surface area contributed by atoms with Crippen molar-refractivity contribution in [3.05, 3.63) is 230 Å². The van der Waals surface area contributed by atoms with E-state index >= 15 is 0 Å². The van der Waals surface area contributed by atoms with Gasteiger partial charge in [-0.3, -0.25) is 0 Å². The van der Waals surface area contributed by atoms with Crippen molar-refractivity contribution < 1.29 is 123 Å². The molecule has 84 heavy (non-hydrogen) atoms. The first-order valence-corrected chi connectivity index (χ1v) is 30.9. The molecule has 0 aliphatic rings. The van der Waals surface area contributed by atoms with Crippen molar-refractivity contribution in [1.82, 2.24) is 19.9 Å².